The van der Waals surface area contributed by atoms with Crippen LogP contribution in [0.1, 0.15) is 43.6 Å². The lowest BCUT2D eigenvalue weighted by Gasteiger charge is -2.33. The second kappa shape index (κ2) is 10.4. The molecule has 33 heavy (non-hydrogen) atoms. The van der Waals surface area contributed by atoms with E-state index in [4.69, 9.17) is 14.0 Å². The van der Waals surface area contributed by atoms with Crippen molar-refractivity contribution in [1.82, 2.24) is 15.0 Å². The molecular formula is C25H30N4O4. The van der Waals surface area contributed by atoms with Crippen molar-refractivity contribution in [3.63, 3.8) is 0 Å². The second-order valence-electron chi connectivity index (χ2n) is 8.25. The van der Waals surface area contributed by atoms with Crippen LogP contribution in [0.25, 0.3) is 11.4 Å². The molecule has 1 saturated carbocycles. The number of benzene rings is 2. The van der Waals surface area contributed by atoms with Gasteiger partial charge in [0.25, 0.3) is 0 Å². The van der Waals surface area contributed by atoms with Gasteiger partial charge in [-0.05, 0) is 49.6 Å². The number of carbonyl (C=O) groups excluding carboxylic acids is 1. The van der Waals surface area contributed by atoms with E-state index in [1.54, 1.807) is 26.4 Å². The number of methoxy groups -OCH3 is 2. The van der Waals surface area contributed by atoms with E-state index in [2.05, 4.69) is 15.5 Å². The lowest BCUT2D eigenvalue weighted by molar-refractivity contribution is 0.151. The zero-order valence-corrected chi connectivity index (χ0v) is 19.3. The molecule has 2 aromatic carbocycles. The van der Waals surface area contributed by atoms with Crippen LogP contribution in [0.2, 0.25) is 0 Å². The monoisotopic (exact) mass is 450 g/mol. The van der Waals surface area contributed by atoms with Gasteiger partial charge in [-0.3, -0.25) is 0 Å². The molecule has 0 aliphatic heterocycles. The smallest absolute Gasteiger partial charge is 0.322 e. The van der Waals surface area contributed by atoms with Crippen molar-refractivity contribution in [3.05, 3.63) is 53.9 Å². The number of aryl methyl sites for hydroxylation is 1. The molecule has 8 nitrogen and oxygen atoms in total. The summed E-state index contributed by atoms with van der Waals surface area (Å²) in [4.78, 5) is 19.7. The maximum Gasteiger partial charge on any atom is 0.322 e. The first-order valence-corrected chi connectivity index (χ1v) is 11.3. The quantitative estimate of drug-likeness (QED) is 0.516. The number of rotatable bonds is 7. The van der Waals surface area contributed by atoms with Crippen molar-refractivity contribution in [2.45, 2.75) is 51.6 Å². The topological polar surface area (TPSA) is 89.7 Å². The molecule has 0 spiro atoms. The zero-order chi connectivity index (χ0) is 23.2. The van der Waals surface area contributed by atoms with Crippen molar-refractivity contribution < 1.29 is 18.8 Å². The third kappa shape index (κ3) is 5.27. The van der Waals surface area contributed by atoms with Crippen LogP contribution < -0.4 is 14.8 Å². The van der Waals surface area contributed by atoms with E-state index in [-0.39, 0.29) is 18.6 Å². The Morgan fingerprint density at radius 3 is 2.58 bits per heavy atom. The summed E-state index contributed by atoms with van der Waals surface area (Å²) < 4.78 is 16.2. The predicted octanol–water partition coefficient (Wildman–Crippen LogP) is 5.43. The van der Waals surface area contributed by atoms with E-state index < -0.39 is 0 Å². The minimum absolute atomic E-state index is 0.138. The highest BCUT2D eigenvalue weighted by molar-refractivity contribution is 5.90. The Kier molecular flexibility index (Phi) is 7.12. The van der Waals surface area contributed by atoms with Crippen molar-refractivity contribution in [2.75, 3.05) is 19.5 Å². The molecule has 0 unspecified atom stereocenters. The number of ether oxygens (including phenoxy) is 2. The normalized spacial score (nSPS) is 14.0. The molecule has 1 fully saturated rings. The van der Waals surface area contributed by atoms with Gasteiger partial charge >= 0.3 is 6.03 Å². The van der Waals surface area contributed by atoms with Gasteiger partial charge in [0.1, 0.15) is 6.54 Å². The third-order valence-electron chi connectivity index (χ3n) is 6.08. The third-order valence-corrected chi connectivity index (χ3v) is 6.08. The number of amides is 2. The summed E-state index contributed by atoms with van der Waals surface area (Å²) in [6.45, 7) is 2.23. The van der Waals surface area contributed by atoms with Crippen LogP contribution in [-0.4, -0.2) is 41.3 Å². The molecule has 1 N–H and O–H groups in total. The zero-order valence-electron chi connectivity index (χ0n) is 19.3. The van der Waals surface area contributed by atoms with Crippen LogP contribution in [0.4, 0.5) is 10.5 Å². The predicted molar refractivity (Wildman–Crippen MR) is 125 cm³/mol. The summed E-state index contributed by atoms with van der Waals surface area (Å²) in [6, 6.07) is 13.2. The number of hydrogen-bond acceptors (Lipinski definition) is 6. The minimum Gasteiger partial charge on any atom is -0.493 e. The molecule has 2 amide bonds. The number of nitrogens with zero attached hydrogens (tertiary/aromatic N) is 3. The van der Waals surface area contributed by atoms with Crippen molar-refractivity contribution in [1.29, 1.82) is 0 Å². The average molecular weight is 451 g/mol. The summed E-state index contributed by atoms with van der Waals surface area (Å²) in [5, 5.41) is 7.19. The SMILES string of the molecule is COc1ccc(-c2noc(CN(C(=O)Nc3ccccc3C)C3CCCCC3)n2)cc1OC. The molecule has 4 rings (SSSR count). The molecule has 0 bridgehead atoms. The Balaban J connectivity index is 1.55. The number of para-hydroxylation sites is 1. The Morgan fingerprint density at radius 2 is 1.85 bits per heavy atom. The van der Waals surface area contributed by atoms with Crippen molar-refractivity contribution in [3.8, 4) is 22.9 Å². The van der Waals surface area contributed by atoms with E-state index in [1.165, 1.54) is 6.42 Å². The lowest BCUT2D eigenvalue weighted by Crippen LogP contribution is -2.43. The first-order chi connectivity index (χ1) is 16.1. The number of carbonyl (C=O) groups is 1. The van der Waals surface area contributed by atoms with Crippen LogP contribution in [0.15, 0.2) is 47.0 Å². The lowest BCUT2D eigenvalue weighted by atomic mass is 9.94. The van der Waals surface area contributed by atoms with E-state index >= 15 is 0 Å². The van der Waals surface area contributed by atoms with Gasteiger partial charge in [-0.25, -0.2) is 4.79 Å². The van der Waals surface area contributed by atoms with Gasteiger partial charge in [0, 0.05) is 17.3 Å². The summed E-state index contributed by atoms with van der Waals surface area (Å²) in [5.74, 6) is 2.04. The molecular weight excluding hydrogens is 420 g/mol. The van der Waals surface area contributed by atoms with E-state index in [0.717, 1.165) is 42.5 Å². The maximum atomic E-state index is 13.3. The molecule has 8 heteroatoms. The first-order valence-electron chi connectivity index (χ1n) is 11.3. The first kappa shape index (κ1) is 22.6. The van der Waals surface area contributed by atoms with Crippen LogP contribution in [0, 0.1) is 6.92 Å². The standard InChI is InChI=1S/C25H30N4O4/c1-17-9-7-8-12-20(17)26-25(30)29(19-10-5-4-6-11-19)16-23-27-24(28-33-23)18-13-14-21(31-2)22(15-18)32-3/h7-9,12-15,19H,4-6,10-11,16H2,1-3H3,(H,26,30). The Bertz CT molecular complexity index is 1090. The Hall–Kier alpha value is -3.55. The van der Waals surface area contributed by atoms with Crippen LogP contribution in [-0.2, 0) is 6.54 Å². The summed E-state index contributed by atoms with van der Waals surface area (Å²) in [7, 11) is 3.17. The molecule has 0 radical (unpaired) electrons. The molecule has 174 valence electrons. The highest BCUT2D eigenvalue weighted by Gasteiger charge is 2.28. The van der Waals surface area contributed by atoms with E-state index in [1.807, 2.05) is 42.2 Å². The molecule has 0 saturated heterocycles. The molecule has 0 atom stereocenters. The van der Waals surface area contributed by atoms with Crippen molar-refractivity contribution >= 4 is 11.7 Å². The van der Waals surface area contributed by atoms with Crippen LogP contribution in [0.5, 0.6) is 11.5 Å². The number of hydrogen-bond donors (Lipinski definition) is 1. The number of anilines is 1. The van der Waals surface area contributed by atoms with Gasteiger partial charge in [0.2, 0.25) is 11.7 Å². The molecule has 1 aliphatic carbocycles. The summed E-state index contributed by atoms with van der Waals surface area (Å²) >= 11 is 0. The summed E-state index contributed by atoms with van der Waals surface area (Å²) in [6.07, 6.45) is 5.36. The molecule has 1 aromatic heterocycles. The van der Waals surface area contributed by atoms with E-state index in [0.29, 0.717) is 23.2 Å². The highest BCUT2D eigenvalue weighted by atomic mass is 16.5. The van der Waals surface area contributed by atoms with Crippen molar-refractivity contribution in [2.24, 2.45) is 0 Å². The summed E-state index contributed by atoms with van der Waals surface area (Å²) in [5.41, 5.74) is 2.57. The Labute approximate surface area is 193 Å². The number of urea groups is 1. The fourth-order valence-corrected chi connectivity index (χ4v) is 4.22. The second-order valence-corrected chi connectivity index (χ2v) is 8.25. The van der Waals surface area contributed by atoms with Gasteiger partial charge in [-0.1, -0.05) is 42.6 Å². The van der Waals surface area contributed by atoms with Gasteiger partial charge in [-0.2, -0.15) is 4.98 Å². The van der Waals surface area contributed by atoms with Gasteiger partial charge < -0.3 is 24.2 Å². The van der Waals surface area contributed by atoms with Crippen LogP contribution in [0.3, 0.4) is 0 Å². The van der Waals surface area contributed by atoms with Gasteiger partial charge in [0.15, 0.2) is 11.5 Å². The highest BCUT2D eigenvalue weighted by Crippen LogP contribution is 2.31. The average Bonchev–Trinajstić information content (AvgIpc) is 3.32. The fraction of sp³-hybridized carbons (Fsp3) is 0.400. The fourth-order valence-electron chi connectivity index (χ4n) is 4.22. The Morgan fingerprint density at radius 1 is 1.09 bits per heavy atom. The van der Waals surface area contributed by atoms with E-state index in [9.17, 15) is 4.79 Å². The van der Waals surface area contributed by atoms with Gasteiger partial charge in [-0.15, -0.1) is 0 Å². The van der Waals surface area contributed by atoms with Gasteiger partial charge in [0.05, 0.1) is 14.2 Å². The van der Waals surface area contributed by atoms with Crippen LogP contribution >= 0.6 is 0 Å². The molecule has 1 aliphatic rings. The number of nitrogens with one attached hydrogen (secondary N) is 1. The molecule has 3 aromatic rings. The number of aromatic nitrogens is 2. The largest absolute Gasteiger partial charge is 0.493 e. The molecule has 1 heterocycles. The minimum atomic E-state index is -0.151. The maximum absolute atomic E-state index is 13.3.